The highest BCUT2D eigenvalue weighted by Crippen LogP contribution is 2.30. The van der Waals surface area contributed by atoms with Crippen LogP contribution in [-0.2, 0) is 5.54 Å². The SMILES string of the molecule is CCN1CCN([C@H](CC(C)C)c2nnnn2C(C)(C)CC)CC1. The standard InChI is InChI=1S/C17H34N6/c1-7-17(5,6)23-16(18-19-20-23)15(13-14(3)4)22-11-9-21(8-2)10-12-22/h14-15H,7-13H2,1-6H3/t15-/m1/s1. The number of tetrazole rings is 1. The predicted octanol–water partition coefficient (Wildman–Crippen LogP) is 2.54. The summed E-state index contributed by atoms with van der Waals surface area (Å²) in [6, 6.07) is 0.315. The van der Waals surface area contributed by atoms with Crippen LogP contribution in [0.5, 0.6) is 0 Å². The van der Waals surface area contributed by atoms with Crippen molar-refractivity contribution in [2.24, 2.45) is 5.92 Å². The van der Waals surface area contributed by atoms with Gasteiger partial charge in [0, 0.05) is 26.2 Å². The topological polar surface area (TPSA) is 50.1 Å². The van der Waals surface area contributed by atoms with Gasteiger partial charge in [0.1, 0.15) is 0 Å². The third-order valence-electron chi connectivity index (χ3n) is 5.22. The molecule has 1 aliphatic rings. The Morgan fingerprint density at radius 1 is 1.09 bits per heavy atom. The molecule has 0 N–H and O–H groups in total. The fourth-order valence-electron chi connectivity index (χ4n) is 3.24. The van der Waals surface area contributed by atoms with Gasteiger partial charge in [0.25, 0.3) is 0 Å². The molecule has 1 aromatic heterocycles. The minimum absolute atomic E-state index is 0.0424. The molecule has 1 aromatic rings. The van der Waals surface area contributed by atoms with Gasteiger partial charge in [0.2, 0.25) is 0 Å². The highest BCUT2D eigenvalue weighted by atomic mass is 15.6. The van der Waals surface area contributed by atoms with Crippen molar-refractivity contribution in [1.82, 2.24) is 30.0 Å². The van der Waals surface area contributed by atoms with E-state index in [4.69, 9.17) is 0 Å². The quantitative estimate of drug-likeness (QED) is 0.772. The monoisotopic (exact) mass is 322 g/mol. The molecule has 0 amide bonds. The maximum Gasteiger partial charge on any atom is 0.168 e. The van der Waals surface area contributed by atoms with Crippen molar-refractivity contribution in [3.05, 3.63) is 5.82 Å². The molecule has 2 rings (SSSR count). The number of hydrogen-bond acceptors (Lipinski definition) is 5. The van der Waals surface area contributed by atoms with Gasteiger partial charge in [-0.05, 0) is 49.6 Å². The molecule has 1 saturated heterocycles. The van der Waals surface area contributed by atoms with E-state index in [-0.39, 0.29) is 5.54 Å². The number of rotatable bonds is 7. The number of piperazine rings is 1. The van der Waals surface area contributed by atoms with Crippen LogP contribution in [0.1, 0.15) is 66.3 Å². The van der Waals surface area contributed by atoms with Gasteiger partial charge in [-0.25, -0.2) is 4.68 Å². The van der Waals surface area contributed by atoms with Gasteiger partial charge in [0.15, 0.2) is 5.82 Å². The summed E-state index contributed by atoms with van der Waals surface area (Å²) in [4.78, 5) is 5.10. The van der Waals surface area contributed by atoms with Crippen molar-refractivity contribution < 1.29 is 0 Å². The summed E-state index contributed by atoms with van der Waals surface area (Å²) in [5.41, 5.74) is -0.0424. The van der Waals surface area contributed by atoms with E-state index in [1.54, 1.807) is 0 Å². The van der Waals surface area contributed by atoms with Crippen molar-refractivity contribution >= 4 is 0 Å². The summed E-state index contributed by atoms with van der Waals surface area (Å²) in [7, 11) is 0. The van der Waals surface area contributed by atoms with E-state index in [1.807, 2.05) is 0 Å². The van der Waals surface area contributed by atoms with Gasteiger partial charge >= 0.3 is 0 Å². The van der Waals surface area contributed by atoms with Crippen LogP contribution in [-0.4, -0.2) is 62.7 Å². The number of nitrogens with zero attached hydrogens (tertiary/aromatic N) is 6. The Morgan fingerprint density at radius 2 is 1.74 bits per heavy atom. The van der Waals surface area contributed by atoms with Crippen molar-refractivity contribution in [2.45, 2.75) is 66.0 Å². The molecule has 0 spiro atoms. The van der Waals surface area contributed by atoms with Crippen LogP contribution < -0.4 is 0 Å². The van der Waals surface area contributed by atoms with E-state index < -0.39 is 0 Å². The molecule has 23 heavy (non-hydrogen) atoms. The summed E-state index contributed by atoms with van der Waals surface area (Å²) in [5, 5.41) is 12.8. The fourth-order valence-corrected chi connectivity index (χ4v) is 3.24. The first kappa shape index (κ1) is 18.3. The molecule has 1 fully saturated rings. The molecule has 0 unspecified atom stereocenters. The molecule has 0 saturated carbocycles. The molecule has 2 heterocycles. The van der Waals surface area contributed by atoms with E-state index in [1.165, 1.54) is 0 Å². The third-order valence-corrected chi connectivity index (χ3v) is 5.22. The first-order valence-corrected chi connectivity index (χ1v) is 9.14. The van der Waals surface area contributed by atoms with E-state index in [0.29, 0.717) is 12.0 Å². The van der Waals surface area contributed by atoms with Gasteiger partial charge in [-0.2, -0.15) is 0 Å². The average molecular weight is 323 g/mol. The number of likely N-dealkylation sites (N-methyl/N-ethyl adjacent to an activating group) is 1. The van der Waals surface area contributed by atoms with Crippen molar-refractivity contribution in [3.63, 3.8) is 0 Å². The van der Waals surface area contributed by atoms with Crippen LogP contribution in [0.4, 0.5) is 0 Å². The lowest BCUT2D eigenvalue weighted by molar-refractivity contribution is 0.0799. The minimum Gasteiger partial charge on any atom is -0.301 e. The average Bonchev–Trinajstić information content (AvgIpc) is 3.03. The number of hydrogen-bond donors (Lipinski definition) is 0. The second-order valence-electron chi connectivity index (χ2n) is 7.73. The van der Waals surface area contributed by atoms with Crippen LogP contribution >= 0.6 is 0 Å². The Hall–Kier alpha value is -1.01. The van der Waals surface area contributed by atoms with Crippen molar-refractivity contribution in [3.8, 4) is 0 Å². The maximum absolute atomic E-state index is 4.44. The molecular weight excluding hydrogens is 288 g/mol. The van der Waals surface area contributed by atoms with E-state index in [0.717, 1.165) is 51.4 Å². The number of aromatic nitrogens is 4. The summed E-state index contributed by atoms with van der Waals surface area (Å²) in [6.07, 6.45) is 2.12. The first-order chi connectivity index (χ1) is 10.9. The molecule has 0 aromatic carbocycles. The van der Waals surface area contributed by atoms with E-state index >= 15 is 0 Å². The Balaban J connectivity index is 2.25. The maximum atomic E-state index is 4.44. The largest absolute Gasteiger partial charge is 0.301 e. The Morgan fingerprint density at radius 3 is 2.26 bits per heavy atom. The first-order valence-electron chi connectivity index (χ1n) is 9.14. The van der Waals surface area contributed by atoms with E-state index in [2.05, 4.69) is 71.5 Å². The van der Waals surface area contributed by atoms with Crippen molar-refractivity contribution in [1.29, 1.82) is 0 Å². The fraction of sp³-hybridized carbons (Fsp3) is 0.941. The van der Waals surface area contributed by atoms with Crippen LogP contribution in [0, 0.1) is 5.92 Å². The molecular formula is C17H34N6. The molecule has 0 bridgehead atoms. The summed E-state index contributed by atoms with van der Waals surface area (Å²) >= 11 is 0. The summed E-state index contributed by atoms with van der Waals surface area (Å²) in [5.74, 6) is 1.66. The Labute approximate surface area is 141 Å². The molecule has 6 heteroatoms. The lowest BCUT2D eigenvalue weighted by Crippen LogP contribution is -2.48. The van der Waals surface area contributed by atoms with E-state index in [9.17, 15) is 0 Å². The van der Waals surface area contributed by atoms with Gasteiger partial charge < -0.3 is 4.90 Å². The molecule has 132 valence electrons. The van der Waals surface area contributed by atoms with Crippen LogP contribution in [0.3, 0.4) is 0 Å². The zero-order chi connectivity index (χ0) is 17.0. The summed E-state index contributed by atoms with van der Waals surface area (Å²) in [6.45, 7) is 19.1. The molecule has 1 atom stereocenters. The molecule has 1 aliphatic heterocycles. The second kappa shape index (κ2) is 7.71. The summed E-state index contributed by atoms with van der Waals surface area (Å²) < 4.78 is 2.06. The van der Waals surface area contributed by atoms with Gasteiger partial charge in [-0.3, -0.25) is 4.90 Å². The van der Waals surface area contributed by atoms with Gasteiger partial charge in [-0.1, -0.05) is 27.7 Å². The Kier molecular flexibility index (Phi) is 6.14. The zero-order valence-corrected chi connectivity index (χ0v) is 15.8. The molecule has 0 radical (unpaired) electrons. The lowest BCUT2D eigenvalue weighted by Gasteiger charge is -2.39. The third kappa shape index (κ3) is 4.29. The Bertz CT molecular complexity index is 473. The zero-order valence-electron chi connectivity index (χ0n) is 15.8. The minimum atomic E-state index is -0.0424. The van der Waals surface area contributed by atoms with Crippen molar-refractivity contribution in [2.75, 3.05) is 32.7 Å². The van der Waals surface area contributed by atoms with Gasteiger partial charge in [-0.15, -0.1) is 5.10 Å². The highest BCUT2D eigenvalue weighted by molar-refractivity contribution is 4.99. The lowest BCUT2D eigenvalue weighted by atomic mass is 9.98. The van der Waals surface area contributed by atoms with Gasteiger partial charge in [0.05, 0.1) is 11.6 Å². The smallest absolute Gasteiger partial charge is 0.168 e. The molecule has 6 nitrogen and oxygen atoms in total. The van der Waals surface area contributed by atoms with Crippen LogP contribution in [0.2, 0.25) is 0 Å². The predicted molar refractivity (Wildman–Crippen MR) is 93.3 cm³/mol. The van der Waals surface area contributed by atoms with Crippen LogP contribution in [0.25, 0.3) is 0 Å². The van der Waals surface area contributed by atoms with Crippen LogP contribution in [0.15, 0.2) is 0 Å². The molecule has 0 aliphatic carbocycles. The highest BCUT2D eigenvalue weighted by Gasteiger charge is 2.33. The normalized spacial score (nSPS) is 19.4. The second-order valence-corrected chi connectivity index (χ2v) is 7.73.